The van der Waals surface area contributed by atoms with Gasteiger partial charge in [-0.25, -0.2) is 8.42 Å². The molecule has 0 aliphatic carbocycles. The molecule has 0 aromatic rings. The largest absolute Gasteiger partial charge is 0.310 e. The van der Waals surface area contributed by atoms with Gasteiger partial charge < -0.3 is 3.87 Å². The summed E-state index contributed by atoms with van der Waals surface area (Å²) in [5, 5.41) is 0. The van der Waals surface area contributed by atoms with Crippen molar-refractivity contribution in [1.29, 1.82) is 0 Å². The molecule has 0 aliphatic heterocycles. The predicted molar refractivity (Wildman–Crippen MR) is 43.6 cm³/mol. The van der Waals surface area contributed by atoms with Crippen molar-refractivity contribution in [2.75, 3.05) is 6.26 Å². The van der Waals surface area contributed by atoms with Crippen LogP contribution in [0.2, 0.25) is 13.1 Å². The van der Waals surface area contributed by atoms with E-state index >= 15 is 0 Å². The molecular weight excluding hydrogens is 168 g/mol. The Labute approximate surface area is 63.0 Å². The minimum Gasteiger partial charge on any atom is -0.310 e. The molecule has 0 amide bonds. The first kappa shape index (κ1) is 9.87. The van der Waals surface area contributed by atoms with Crippen molar-refractivity contribution in [3.8, 4) is 0 Å². The van der Waals surface area contributed by atoms with Crippen molar-refractivity contribution in [3.05, 3.63) is 12.3 Å². The monoisotopic (exact) mass is 180 g/mol. The Bertz CT molecular complexity index is 217. The van der Waals surface area contributed by atoms with Crippen LogP contribution in [0.1, 0.15) is 0 Å². The van der Waals surface area contributed by atoms with Crippen LogP contribution >= 0.6 is 0 Å². The normalized spacial score (nSPS) is 13.1. The van der Waals surface area contributed by atoms with Gasteiger partial charge in [0.1, 0.15) is 0 Å². The summed E-state index contributed by atoms with van der Waals surface area (Å²) in [7, 11) is -5.44. The van der Waals surface area contributed by atoms with Crippen molar-refractivity contribution in [2.24, 2.45) is 0 Å². The summed E-state index contributed by atoms with van der Waals surface area (Å²) in [6, 6.07) is 0. The molecule has 60 valence electrons. The van der Waals surface area contributed by atoms with E-state index in [1.165, 1.54) is 0 Å². The van der Waals surface area contributed by atoms with Gasteiger partial charge in [-0.2, -0.15) is 0 Å². The maximum Gasteiger partial charge on any atom is 0.255 e. The molecule has 0 saturated heterocycles. The molecule has 10 heavy (non-hydrogen) atoms. The molecule has 0 aliphatic rings. The van der Waals surface area contributed by atoms with Crippen LogP contribution in [0.15, 0.2) is 12.3 Å². The molecule has 0 spiro atoms. The Morgan fingerprint density at radius 2 is 1.90 bits per heavy atom. The molecule has 0 N–H and O–H groups in total. The molecule has 0 aromatic carbocycles. The first-order valence-electron chi connectivity index (χ1n) is 2.81. The third kappa shape index (κ3) is 4.72. The molecule has 0 unspecified atom stereocenters. The van der Waals surface area contributed by atoms with Gasteiger partial charge in [0, 0.05) is 0 Å². The fourth-order valence-electron chi connectivity index (χ4n) is 0.424. The second-order valence-electron chi connectivity index (χ2n) is 2.60. The summed E-state index contributed by atoms with van der Waals surface area (Å²) in [4.78, 5) is 0. The highest BCUT2D eigenvalue weighted by atomic mass is 32.2. The summed E-state index contributed by atoms with van der Waals surface area (Å²) < 4.78 is 25.9. The Morgan fingerprint density at radius 3 is 2.00 bits per heavy atom. The topological polar surface area (TPSA) is 43.4 Å². The van der Waals surface area contributed by atoms with Crippen LogP contribution < -0.4 is 0 Å². The third-order valence-corrected chi connectivity index (χ3v) is 4.77. The average Bonchev–Trinajstić information content (AvgIpc) is 1.60. The van der Waals surface area contributed by atoms with Crippen molar-refractivity contribution in [2.45, 2.75) is 13.1 Å². The third-order valence-electron chi connectivity index (χ3n) is 0.858. The van der Waals surface area contributed by atoms with Gasteiger partial charge in [0.05, 0.1) is 6.26 Å². The second kappa shape index (κ2) is 2.85. The minimum atomic E-state index is -3.30. The summed E-state index contributed by atoms with van der Waals surface area (Å²) in [6.07, 6.45) is 1.05. The van der Waals surface area contributed by atoms with E-state index in [9.17, 15) is 8.42 Å². The summed E-state index contributed by atoms with van der Waals surface area (Å²) in [5.74, 6) is 0. The molecule has 0 aromatic heterocycles. The zero-order chi connectivity index (χ0) is 8.41. The Morgan fingerprint density at radius 1 is 1.50 bits per heavy atom. The Hall–Kier alpha value is -0.133. The molecule has 0 fully saturated rings. The van der Waals surface area contributed by atoms with E-state index < -0.39 is 18.4 Å². The molecule has 0 atom stereocenters. The van der Waals surface area contributed by atoms with E-state index in [-0.39, 0.29) is 0 Å². The molecule has 0 bridgehead atoms. The van der Waals surface area contributed by atoms with Crippen molar-refractivity contribution in [1.82, 2.24) is 0 Å². The molecular formula is C5H12O3SSi. The highest BCUT2D eigenvalue weighted by Crippen LogP contribution is 2.07. The first-order chi connectivity index (χ1) is 4.27. The molecule has 5 heteroatoms. The minimum absolute atomic E-state index is 1.05. The lowest BCUT2D eigenvalue weighted by Crippen LogP contribution is -2.30. The zero-order valence-corrected chi connectivity index (χ0v) is 8.23. The highest BCUT2D eigenvalue weighted by Gasteiger charge is 2.22. The number of hydrogen-bond donors (Lipinski definition) is 0. The summed E-state index contributed by atoms with van der Waals surface area (Å²) in [6.45, 7) is 7.02. The van der Waals surface area contributed by atoms with Gasteiger partial charge in [0.25, 0.3) is 10.1 Å². The maximum absolute atomic E-state index is 10.6. The lowest BCUT2D eigenvalue weighted by molar-refractivity contribution is 0.495. The molecule has 3 nitrogen and oxygen atoms in total. The highest BCUT2D eigenvalue weighted by molar-refractivity contribution is 7.87. The molecule has 0 heterocycles. The molecule has 0 rings (SSSR count). The van der Waals surface area contributed by atoms with Crippen LogP contribution in [0.25, 0.3) is 0 Å². The fourth-order valence-corrected chi connectivity index (χ4v) is 3.82. The smallest absolute Gasteiger partial charge is 0.255 e. The van der Waals surface area contributed by atoms with E-state index in [1.54, 1.807) is 18.8 Å². The average molecular weight is 180 g/mol. The number of hydrogen-bond acceptors (Lipinski definition) is 3. The van der Waals surface area contributed by atoms with Crippen LogP contribution in [-0.4, -0.2) is 23.0 Å². The lowest BCUT2D eigenvalue weighted by atomic mass is 11.3. The maximum atomic E-state index is 10.6. The van der Waals surface area contributed by atoms with Gasteiger partial charge in [-0.15, -0.1) is 6.58 Å². The van der Waals surface area contributed by atoms with Crippen LogP contribution in [0.4, 0.5) is 0 Å². The second-order valence-corrected chi connectivity index (χ2v) is 8.29. The first-order valence-corrected chi connectivity index (χ1v) is 7.61. The molecule has 0 saturated carbocycles. The zero-order valence-electron chi connectivity index (χ0n) is 6.42. The Balaban J connectivity index is 4.30. The van der Waals surface area contributed by atoms with Crippen LogP contribution in [-0.2, 0) is 14.0 Å². The van der Waals surface area contributed by atoms with Gasteiger partial charge in [0.2, 0.25) is 8.32 Å². The van der Waals surface area contributed by atoms with E-state index in [2.05, 4.69) is 6.58 Å². The van der Waals surface area contributed by atoms with Gasteiger partial charge in [-0.1, -0.05) is 5.70 Å². The van der Waals surface area contributed by atoms with E-state index in [0.29, 0.717) is 0 Å². The quantitative estimate of drug-likeness (QED) is 0.606. The lowest BCUT2D eigenvalue weighted by Gasteiger charge is -2.14. The SMILES string of the molecule is C=C[Si](C)(C)OS(C)(=O)=O. The number of rotatable bonds is 3. The van der Waals surface area contributed by atoms with Gasteiger partial charge in [-0.3, -0.25) is 0 Å². The van der Waals surface area contributed by atoms with Crippen LogP contribution in [0.5, 0.6) is 0 Å². The summed E-state index contributed by atoms with van der Waals surface area (Å²) in [5.41, 5.74) is 1.58. The van der Waals surface area contributed by atoms with Crippen molar-refractivity contribution in [3.63, 3.8) is 0 Å². The van der Waals surface area contributed by atoms with Gasteiger partial charge in [0.15, 0.2) is 0 Å². The van der Waals surface area contributed by atoms with E-state index in [4.69, 9.17) is 3.87 Å². The summed E-state index contributed by atoms with van der Waals surface area (Å²) >= 11 is 0. The predicted octanol–water partition coefficient (Wildman–Crippen LogP) is 0.893. The van der Waals surface area contributed by atoms with Crippen LogP contribution in [0.3, 0.4) is 0 Å². The molecule has 0 radical (unpaired) electrons. The van der Waals surface area contributed by atoms with Crippen molar-refractivity contribution >= 4 is 18.4 Å². The Kier molecular flexibility index (Phi) is 2.82. The van der Waals surface area contributed by atoms with E-state index in [1.807, 2.05) is 0 Å². The standard InChI is InChI=1S/C5H12O3SSi/c1-5-10(3,4)8-9(2,6)7/h5H,1H2,2-4H3. The van der Waals surface area contributed by atoms with E-state index in [0.717, 1.165) is 6.26 Å². The van der Waals surface area contributed by atoms with Gasteiger partial charge >= 0.3 is 0 Å². The fraction of sp³-hybridized carbons (Fsp3) is 0.600. The van der Waals surface area contributed by atoms with Crippen molar-refractivity contribution < 1.29 is 12.3 Å². The van der Waals surface area contributed by atoms with Crippen LogP contribution in [0, 0.1) is 0 Å². The van der Waals surface area contributed by atoms with Gasteiger partial charge in [-0.05, 0) is 13.1 Å².